The van der Waals surface area contributed by atoms with Gasteiger partial charge in [0.1, 0.15) is 12.4 Å². The molecule has 0 unspecified atom stereocenters. The number of halogens is 1. The second kappa shape index (κ2) is 7.02. The number of aromatic nitrogens is 1. The van der Waals surface area contributed by atoms with Gasteiger partial charge in [-0.15, -0.1) is 11.3 Å². The van der Waals surface area contributed by atoms with Crippen LogP contribution in [-0.4, -0.2) is 11.0 Å². The van der Waals surface area contributed by atoms with E-state index in [1.165, 1.54) is 29.5 Å². The van der Waals surface area contributed by atoms with Gasteiger partial charge in [-0.1, -0.05) is 24.3 Å². The van der Waals surface area contributed by atoms with Crippen molar-refractivity contribution in [2.24, 2.45) is 0 Å². The van der Waals surface area contributed by atoms with Crippen LogP contribution in [0.15, 0.2) is 59.4 Å². The quantitative estimate of drug-likeness (QED) is 0.523. The van der Waals surface area contributed by atoms with E-state index in [1.807, 2.05) is 5.38 Å². The third-order valence-corrected chi connectivity index (χ3v) is 3.64. The van der Waals surface area contributed by atoms with Gasteiger partial charge in [0.15, 0.2) is 11.5 Å². The van der Waals surface area contributed by atoms with E-state index in [0.29, 0.717) is 5.75 Å². The molecule has 0 atom stereocenters. The van der Waals surface area contributed by atoms with Gasteiger partial charge in [0.25, 0.3) is 0 Å². The first kappa shape index (κ1) is 15.2. The molecular weight excluding hydrogens is 317 g/mol. The molecule has 0 spiro atoms. The number of para-hydroxylation sites is 2. The van der Waals surface area contributed by atoms with E-state index in [0.717, 1.165) is 5.69 Å². The van der Waals surface area contributed by atoms with Gasteiger partial charge < -0.3 is 9.47 Å². The van der Waals surface area contributed by atoms with Crippen molar-refractivity contribution >= 4 is 17.3 Å². The summed E-state index contributed by atoms with van der Waals surface area (Å²) >= 11 is 1.47. The Morgan fingerprint density at radius 2 is 1.83 bits per heavy atom. The van der Waals surface area contributed by atoms with E-state index in [1.54, 1.807) is 35.8 Å². The first-order chi connectivity index (χ1) is 11.2. The molecule has 3 aromatic rings. The minimum atomic E-state index is -0.771. The van der Waals surface area contributed by atoms with Gasteiger partial charge in [-0.2, -0.15) is 0 Å². The second-order valence-electron chi connectivity index (χ2n) is 4.58. The third kappa shape index (κ3) is 3.73. The molecule has 3 rings (SSSR count). The molecule has 23 heavy (non-hydrogen) atoms. The summed E-state index contributed by atoms with van der Waals surface area (Å²) in [4.78, 5) is 16.2. The van der Waals surface area contributed by atoms with E-state index in [9.17, 15) is 9.18 Å². The molecule has 0 amide bonds. The minimum absolute atomic E-state index is 0.123. The van der Waals surface area contributed by atoms with Gasteiger partial charge in [0.05, 0.1) is 16.8 Å². The van der Waals surface area contributed by atoms with Crippen LogP contribution in [0, 0.1) is 5.82 Å². The van der Waals surface area contributed by atoms with Crippen LogP contribution in [0.4, 0.5) is 4.39 Å². The summed E-state index contributed by atoms with van der Waals surface area (Å²) in [6.07, 6.45) is 0. The maximum absolute atomic E-state index is 13.6. The molecule has 0 aliphatic heterocycles. The van der Waals surface area contributed by atoms with Gasteiger partial charge in [-0.05, 0) is 24.3 Å². The van der Waals surface area contributed by atoms with Crippen LogP contribution in [0.2, 0.25) is 0 Å². The highest BCUT2D eigenvalue weighted by molar-refractivity contribution is 7.07. The summed E-state index contributed by atoms with van der Waals surface area (Å²) in [5, 5.41) is 1.87. The summed E-state index contributed by atoms with van der Waals surface area (Å²) in [6.45, 7) is 0.262. The molecule has 0 bridgehead atoms. The van der Waals surface area contributed by atoms with Crippen molar-refractivity contribution in [2.75, 3.05) is 0 Å². The normalized spacial score (nSPS) is 10.3. The number of ether oxygens (including phenoxy) is 2. The molecule has 0 N–H and O–H groups in total. The largest absolute Gasteiger partial charge is 0.483 e. The van der Waals surface area contributed by atoms with Gasteiger partial charge in [-0.3, -0.25) is 0 Å². The molecular formula is C17H12FNO3S. The first-order valence-electron chi connectivity index (χ1n) is 6.79. The Morgan fingerprint density at radius 1 is 1.09 bits per heavy atom. The molecule has 6 heteroatoms. The molecule has 2 aromatic carbocycles. The molecule has 0 aliphatic carbocycles. The minimum Gasteiger partial charge on any atom is -0.483 e. The Labute approximate surface area is 136 Å². The Bertz CT molecular complexity index is 805. The lowest BCUT2D eigenvalue weighted by atomic mass is 10.2. The van der Waals surface area contributed by atoms with Crippen molar-refractivity contribution in [3.05, 3.63) is 76.5 Å². The maximum atomic E-state index is 13.6. The lowest BCUT2D eigenvalue weighted by Gasteiger charge is -2.11. The zero-order valence-corrected chi connectivity index (χ0v) is 12.8. The maximum Gasteiger partial charge on any atom is 0.346 e. The van der Waals surface area contributed by atoms with Crippen molar-refractivity contribution in [1.82, 2.24) is 4.98 Å². The summed E-state index contributed by atoms with van der Waals surface area (Å²) in [5.41, 5.74) is 2.37. The predicted molar refractivity (Wildman–Crippen MR) is 84.2 cm³/mol. The fourth-order valence-electron chi connectivity index (χ4n) is 1.90. The highest BCUT2D eigenvalue weighted by Gasteiger charge is 2.15. The van der Waals surface area contributed by atoms with Crippen LogP contribution in [0.5, 0.6) is 11.5 Å². The number of nitrogens with zero attached hydrogens (tertiary/aromatic N) is 1. The molecule has 0 saturated heterocycles. The van der Waals surface area contributed by atoms with E-state index in [4.69, 9.17) is 9.47 Å². The molecule has 0 aliphatic rings. The van der Waals surface area contributed by atoms with Gasteiger partial charge in [0.2, 0.25) is 0 Å². The standard InChI is InChI=1S/C17H12FNO3S/c18-14-6-2-1-5-13(14)17(20)22-16-8-4-3-7-15(16)21-9-12-10-23-11-19-12/h1-8,10-11H,9H2. The molecule has 0 fully saturated rings. The molecule has 1 aromatic heterocycles. The van der Waals surface area contributed by atoms with Crippen LogP contribution < -0.4 is 9.47 Å². The number of rotatable bonds is 5. The predicted octanol–water partition coefficient (Wildman–Crippen LogP) is 4.08. The fraction of sp³-hybridized carbons (Fsp3) is 0.0588. The summed E-state index contributed by atoms with van der Waals surface area (Å²) < 4.78 is 24.5. The monoisotopic (exact) mass is 329 g/mol. The van der Waals surface area contributed by atoms with E-state index >= 15 is 0 Å². The average Bonchev–Trinajstić information content (AvgIpc) is 3.08. The van der Waals surface area contributed by atoms with Crippen molar-refractivity contribution in [3.8, 4) is 11.5 Å². The lowest BCUT2D eigenvalue weighted by molar-refractivity contribution is 0.0722. The topological polar surface area (TPSA) is 48.4 Å². The molecule has 0 saturated carbocycles. The first-order valence-corrected chi connectivity index (χ1v) is 7.74. The van der Waals surface area contributed by atoms with Crippen LogP contribution in [0.1, 0.15) is 16.1 Å². The van der Waals surface area contributed by atoms with Crippen LogP contribution in [0.25, 0.3) is 0 Å². The van der Waals surface area contributed by atoms with Gasteiger partial charge in [-0.25, -0.2) is 14.2 Å². The van der Waals surface area contributed by atoms with Crippen LogP contribution in [0.3, 0.4) is 0 Å². The summed E-state index contributed by atoms with van der Waals surface area (Å²) in [6, 6.07) is 12.4. The van der Waals surface area contributed by atoms with Crippen molar-refractivity contribution in [2.45, 2.75) is 6.61 Å². The average molecular weight is 329 g/mol. The lowest BCUT2D eigenvalue weighted by Crippen LogP contribution is -2.11. The van der Waals surface area contributed by atoms with E-state index < -0.39 is 11.8 Å². The number of benzene rings is 2. The number of hydrogen-bond donors (Lipinski definition) is 0. The van der Waals surface area contributed by atoms with Crippen LogP contribution >= 0.6 is 11.3 Å². The second-order valence-corrected chi connectivity index (χ2v) is 5.30. The number of thiazole rings is 1. The zero-order valence-electron chi connectivity index (χ0n) is 11.9. The van der Waals surface area contributed by atoms with Crippen molar-refractivity contribution in [3.63, 3.8) is 0 Å². The zero-order chi connectivity index (χ0) is 16.1. The number of carbonyl (C=O) groups excluding carboxylic acids is 1. The van der Waals surface area contributed by atoms with E-state index in [-0.39, 0.29) is 17.9 Å². The Balaban J connectivity index is 1.75. The van der Waals surface area contributed by atoms with Gasteiger partial charge in [0, 0.05) is 5.38 Å². The SMILES string of the molecule is O=C(Oc1ccccc1OCc1cscn1)c1ccccc1F. The highest BCUT2D eigenvalue weighted by Crippen LogP contribution is 2.28. The van der Waals surface area contributed by atoms with Crippen molar-refractivity contribution in [1.29, 1.82) is 0 Å². The Hall–Kier alpha value is -2.73. The smallest absolute Gasteiger partial charge is 0.346 e. The molecule has 0 radical (unpaired) electrons. The summed E-state index contributed by atoms with van der Waals surface area (Å²) in [5.74, 6) is -0.771. The van der Waals surface area contributed by atoms with Gasteiger partial charge >= 0.3 is 5.97 Å². The number of carbonyl (C=O) groups is 1. The van der Waals surface area contributed by atoms with E-state index in [2.05, 4.69) is 4.98 Å². The highest BCUT2D eigenvalue weighted by atomic mass is 32.1. The fourth-order valence-corrected chi connectivity index (χ4v) is 2.44. The third-order valence-electron chi connectivity index (χ3n) is 3.00. The molecule has 1 heterocycles. The Kier molecular flexibility index (Phi) is 4.63. The summed E-state index contributed by atoms with van der Waals surface area (Å²) in [7, 11) is 0. The Morgan fingerprint density at radius 3 is 2.57 bits per heavy atom. The molecule has 116 valence electrons. The van der Waals surface area contributed by atoms with Crippen molar-refractivity contribution < 1.29 is 18.7 Å². The number of hydrogen-bond acceptors (Lipinski definition) is 5. The molecule has 4 nitrogen and oxygen atoms in total. The van der Waals surface area contributed by atoms with Crippen LogP contribution in [-0.2, 0) is 6.61 Å². The number of esters is 1.